The van der Waals surface area contributed by atoms with Crippen molar-refractivity contribution in [1.82, 2.24) is 9.97 Å². The van der Waals surface area contributed by atoms with Crippen LogP contribution in [0.4, 0.5) is 5.13 Å². The molecule has 1 atom stereocenters. The van der Waals surface area contributed by atoms with Gasteiger partial charge in [0, 0.05) is 22.9 Å². The predicted octanol–water partition coefficient (Wildman–Crippen LogP) is 3.55. The molecule has 7 heteroatoms. The Kier molecular flexibility index (Phi) is 4.71. The molecule has 5 nitrogen and oxygen atoms in total. The highest BCUT2D eigenvalue weighted by atomic mass is 32.2. The lowest BCUT2D eigenvalue weighted by Crippen LogP contribution is -2.16. The third kappa shape index (κ3) is 3.57. The maximum Gasteiger partial charge on any atom is 0.259 e. The van der Waals surface area contributed by atoms with Crippen LogP contribution in [0.25, 0.3) is 0 Å². The Bertz CT molecular complexity index is 700. The fourth-order valence-electron chi connectivity index (χ4n) is 2.94. The number of nitrogens with zero attached hydrogens (tertiary/aromatic N) is 2. The molecule has 0 unspecified atom stereocenters. The normalized spacial score (nSPS) is 19.8. The number of carbonyl (C=O) groups is 1. The third-order valence-corrected chi connectivity index (χ3v) is 6.44. The van der Waals surface area contributed by atoms with Crippen molar-refractivity contribution in [2.24, 2.45) is 0 Å². The van der Waals surface area contributed by atoms with E-state index in [-0.39, 0.29) is 12.0 Å². The summed E-state index contributed by atoms with van der Waals surface area (Å²) in [5.74, 6) is 2.57. The summed E-state index contributed by atoms with van der Waals surface area (Å²) >= 11 is 3.49. The first-order valence-corrected chi connectivity index (χ1v) is 10.3. The van der Waals surface area contributed by atoms with Gasteiger partial charge in [-0.25, -0.2) is 9.97 Å². The van der Waals surface area contributed by atoms with Crippen LogP contribution in [-0.2, 0) is 12.8 Å². The van der Waals surface area contributed by atoms with Gasteiger partial charge in [-0.3, -0.25) is 10.1 Å². The van der Waals surface area contributed by atoms with E-state index in [1.54, 1.807) is 29.7 Å². The van der Waals surface area contributed by atoms with Crippen LogP contribution in [0, 0.1) is 0 Å². The maximum atomic E-state index is 12.4. The Hall–Kier alpha value is -1.60. The quantitative estimate of drug-likeness (QED) is 0.902. The molecule has 4 rings (SSSR count). The molecule has 0 radical (unpaired) electrons. The van der Waals surface area contributed by atoms with Crippen LogP contribution in [0.3, 0.4) is 0 Å². The van der Waals surface area contributed by atoms with Gasteiger partial charge in [-0.1, -0.05) is 0 Å². The van der Waals surface area contributed by atoms with Gasteiger partial charge in [0.1, 0.15) is 6.10 Å². The van der Waals surface area contributed by atoms with Gasteiger partial charge in [-0.2, -0.15) is 11.8 Å². The molecule has 126 valence electrons. The topological polar surface area (TPSA) is 64.1 Å². The molecule has 24 heavy (non-hydrogen) atoms. The fraction of sp³-hybridized carbons (Fsp3) is 0.471. The second kappa shape index (κ2) is 7.11. The van der Waals surface area contributed by atoms with Gasteiger partial charge in [-0.05, 0) is 43.9 Å². The van der Waals surface area contributed by atoms with Crippen molar-refractivity contribution in [3.63, 3.8) is 0 Å². The number of pyridine rings is 1. The zero-order valence-electron chi connectivity index (χ0n) is 13.3. The van der Waals surface area contributed by atoms with Crippen molar-refractivity contribution in [2.45, 2.75) is 38.2 Å². The average molecular weight is 361 g/mol. The highest BCUT2D eigenvalue weighted by Gasteiger charge is 2.19. The fourth-order valence-corrected chi connectivity index (χ4v) is 5.07. The number of amides is 1. The number of anilines is 1. The van der Waals surface area contributed by atoms with Gasteiger partial charge in [0.05, 0.1) is 11.3 Å². The molecular formula is C17H19N3O2S2. The Morgan fingerprint density at radius 1 is 1.29 bits per heavy atom. The lowest BCUT2D eigenvalue weighted by atomic mass is 10.0. The molecule has 0 saturated carbocycles. The van der Waals surface area contributed by atoms with E-state index in [1.807, 2.05) is 11.8 Å². The van der Waals surface area contributed by atoms with Crippen molar-refractivity contribution in [3.05, 3.63) is 34.5 Å². The van der Waals surface area contributed by atoms with Crippen LogP contribution >= 0.6 is 23.1 Å². The Morgan fingerprint density at radius 3 is 2.96 bits per heavy atom. The van der Waals surface area contributed by atoms with Gasteiger partial charge >= 0.3 is 0 Å². The van der Waals surface area contributed by atoms with Crippen LogP contribution in [0.1, 0.15) is 40.2 Å². The number of aromatic nitrogens is 2. The van der Waals surface area contributed by atoms with Gasteiger partial charge in [-0.15, -0.1) is 11.3 Å². The lowest BCUT2D eigenvalue weighted by molar-refractivity contribution is 0.102. The molecule has 0 bridgehead atoms. The minimum atomic E-state index is -0.170. The number of rotatable bonds is 4. The van der Waals surface area contributed by atoms with Gasteiger partial charge in [0.15, 0.2) is 5.13 Å². The summed E-state index contributed by atoms with van der Waals surface area (Å²) in [4.78, 5) is 22.5. The van der Waals surface area contributed by atoms with E-state index in [0.717, 1.165) is 36.5 Å². The molecule has 1 N–H and O–H groups in total. The van der Waals surface area contributed by atoms with Gasteiger partial charge in [0.2, 0.25) is 5.88 Å². The summed E-state index contributed by atoms with van der Waals surface area (Å²) in [6.45, 7) is 0. The minimum Gasteiger partial charge on any atom is -0.473 e. The molecule has 2 aromatic rings. The highest BCUT2D eigenvalue weighted by molar-refractivity contribution is 7.99. The summed E-state index contributed by atoms with van der Waals surface area (Å²) in [5.41, 5.74) is 1.68. The number of thiazole rings is 1. The molecule has 0 spiro atoms. The number of aryl methyl sites for hydroxylation is 2. The third-order valence-electron chi connectivity index (χ3n) is 4.24. The van der Waals surface area contributed by atoms with E-state index in [2.05, 4.69) is 15.3 Å². The van der Waals surface area contributed by atoms with Crippen molar-refractivity contribution >= 4 is 34.1 Å². The highest BCUT2D eigenvalue weighted by Crippen LogP contribution is 2.29. The largest absolute Gasteiger partial charge is 0.473 e. The summed E-state index contributed by atoms with van der Waals surface area (Å²) in [6, 6.07) is 3.53. The van der Waals surface area contributed by atoms with E-state index in [1.165, 1.54) is 17.7 Å². The van der Waals surface area contributed by atoms with Gasteiger partial charge in [0.25, 0.3) is 5.91 Å². The average Bonchev–Trinajstić information content (AvgIpc) is 3.24. The van der Waals surface area contributed by atoms with E-state index >= 15 is 0 Å². The molecule has 1 aliphatic heterocycles. The second-order valence-electron chi connectivity index (χ2n) is 6.04. The van der Waals surface area contributed by atoms with Crippen molar-refractivity contribution in [2.75, 3.05) is 16.8 Å². The predicted molar refractivity (Wildman–Crippen MR) is 97.3 cm³/mol. The van der Waals surface area contributed by atoms with Crippen LogP contribution < -0.4 is 10.1 Å². The lowest BCUT2D eigenvalue weighted by Gasteiger charge is -2.11. The zero-order chi connectivity index (χ0) is 16.4. The van der Waals surface area contributed by atoms with Crippen LogP contribution in [0.15, 0.2) is 18.3 Å². The molecule has 2 aliphatic rings. The van der Waals surface area contributed by atoms with Crippen LogP contribution in [0.5, 0.6) is 5.88 Å². The SMILES string of the molecule is O=C(Nc1nc2c(s1)CCCC2)c1ccc(O[C@H]2CCSC2)nc1. The Balaban J connectivity index is 1.39. The first kappa shape index (κ1) is 15.9. The Morgan fingerprint density at radius 2 is 2.21 bits per heavy atom. The van der Waals surface area contributed by atoms with Crippen molar-refractivity contribution in [3.8, 4) is 5.88 Å². The van der Waals surface area contributed by atoms with E-state index in [0.29, 0.717) is 16.6 Å². The van der Waals surface area contributed by atoms with E-state index in [4.69, 9.17) is 4.74 Å². The second-order valence-corrected chi connectivity index (χ2v) is 8.27. The molecule has 2 aromatic heterocycles. The summed E-state index contributed by atoms with van der Waals surface area (Å²) in [6.07, 6.45) is 7.38. The van der Waals surface area contributed by atoms with Crippen molar-refractivity contribution < 1.29 is 9.53 Å². The molecule has 1 saturated heterocycles. The summed E-state index contributed by atoms with van der Waals surface area (Å²) in [7, 11) is 0. The number of nitrogens with one attached hydrogen (secondary N) is 1. The Labute approximate surface area is 149 Å². The number of thioether (sulfide) groups is 1. The minimum absolute atomic E-state index is 0.170. The molecule has 1 aliphatic carbocycles. The summed E-state index contributed by atoms with van der Waals surface area (Å²) in [5, 5.41) is 3.58. The summed E-state index contributed by atoms with van der Waals surface area (Å²) < 4.78 is 5.81. The standard InChI is InChI=1S/C17H19N3O2S2/c21-16(20-17-19-13-3-1-2-4-14(13)24-17)11-5-6-15(18-9-11)22-12-7-8-23-10-12/h5-6,9,12H,1-4,7-8,10H2,(H,19,20,21)/t12-/m0/s1. The maximum absolute atomic E-state index is 12.4. The number of carbonyl (C=O) groups excluding carboxylic acids is 1. The number of hydrogen-bond acceptors (Lipinski definition) is 6. The smallest absolute Gasteiger partial charge is 0.259 e. The van der Waals surface area contributed by atoms with E-state index < -0.39 is 0 Å². The molecule has 0 aromatic carbocycles. The van der Waals surface area contributed by atoms with Crippen LogP contribution in [-0.4, -0.2) is 33.5 Å². The van der Waals surface area contributed by atoms with Gasteiger partial charge < -0.3 is 4.74 Å². The molecular weight excluding hydrogens is 342 g/mol. The van der Waals surface area contributed by atoms with Crippen molar-refractivity contribution in [1.29, 1.82) is 0 Å². The molecule has 1 fully saturated rings. The molecule has 1 amide bonds. The molecule has 3 heterocycles. The number of fused-ring (bicyclic) bond motifs is 1. The number of hydrogen-bond donors (Lipinski definition) is 1. The number of ether oxygens (including phenoxy) is 1. The van der Waals surface area contributed by atoms with Crippen LogP contribution in [0.2, 0.25) is 0 Å². The zero-order valence-corrected chi connectivity index (χ0v) is 14.9. The monoisotopic (exact) mass is 361 g/mol. The first-order chi connectivity index (χ1) is 11.8. The first-order valence-electron chi connectivity index (χ1n) is 8.28. The van der Waals surface area contributed by atoms with E-state index in [9.17, 15) is 4.79 Å².